The Morgan fingerprint density at radius 1 is 1.53 bits per heavy atom. The Bertz CT molecular complexity index is 365. The quantitative estimate of drug-likeness (QED) is 0.821. The fourth-order valence-corrected chi connectivity index (χ4v) is 1.81. The average Bonchev–Trinajstić information content (AvgIpc) is 2.28. The van der Waals surface area contributed by atoms with Crippen molar-refractivity contribution in [2.75, 3.05) is 11.9 Å². The van der Waals surface area contributed by atoms with Crippen molar-refractivity contribution in [2.24, 2.45) is 17.6 Å². The number of rotatable bonds is 5. The van der Waals surface area contributed by atoms with Crippen molar-refractivity contribution in [1.82, 2.24) is 4.98 Å². The van der Waals surface area contributed by atoms with Crippen molar-refractivity contribution in [2.45, 2.75) is 20.3 Å². The third-order valence-corrected chi connectivity index (χ3v) is 2.88. The molecule has 1 unspecified atom stereocenters. The van der Waals surface area contributed by atoms with E-state index in [-0.39, 0.29) is 11.8 Å². The summed E-state index contributed by atoms with van der Waals surface area (Å²) in [7, 11) is 0. The van der Waals surface area contributed by atoms with Crippen molar-refractivity contribution in [3.8, 4) is 0 Å². The van der Waals surface area contributed by atoms with Crippen LogP contribution in [-0.4, -0.2) is 17.4 Å². The average molecular weight is 300 g/mol. The van der Waals surface area contributed by atoms with E-state index in [9.17, 15) is 4.79 Å². The van der Waals surface area contributed by atoms with Gasteiger partial charge in [0, 0.05) is 6.54 Å². The number of halogens is 1. The van der Waals surface area contributed by atoms with Crippen LogP contribution in [0.3, 0.4) is 0 Å². The van der Waals surface area contributed by atoms with E-state index in [0.29, 0.717) is 18.2 Å². The number of hydrogen-bond donors (Lipinski definition) is 2. The first-order valence-electron chi connectivity index (χ1n) is 5.65. The lowest BCUT2D eigenvalue weighted by atomic mass is 9.96. The molecular weight excluding hydrogens is 282 g/mol. The van der Waals surface area contributed by atoms with Crippen molar-refractivity contribution in [1.29, 1.82) is 0 Å². The SMILES string of the molecule is CC(C)CC(CN)C(=O)Nc1ccc(Br)nc1. The number of carbonyl (C=O) groups is 1. The van der Waals surface area contributed by atoms with E-state index in [2.05, 4.69) is 40.1 Å². The summed E-state index contributed by atoms with van der Waals surface area (Å²) in [6.07, 6.45) is 2.41. The van der Waals surface area contributed by atoms with Crippen molar-refractivity contribution < 1.29 is 4.79 Å². The van der Waals surface area contributed by atoms with Gasteiger partial charge in [0.1, 0.15) is 4.60 Å². The number of pyridine rings is 1. The fourth-order valence-electron chi connectivity index (χ4n) is 1.57. The highest BCUT2D eigenvalue weighted by molar-refractivity contribution is 9.10. The molecule has 3 N–H and O–H groups in total. The van der Waals surface area contributed by atoms with Crippen LogP contribution in [-0.2, 0) is 4.79 Å². The van der Waals surface area contributed by atoms with Crippen LogP contribution < -0.4 is 11.1 Å². The zero-order valence-corrected chi connectivity index (χ0v) is 11.7. The summed E-state index contributed by atoms with van der Waals surface area (Å²) < 4.78 is 0.744. The van der Waals surface area contributed by atoms with Crippen LogP contribution in [0.15, 0.2) is 22.9 Å². The van der Waals surface area contributed by atoms with E-state index in [1.54, 1.807) is 18.3 Å². The number of amides is 1. The Morgan fingerprint density at radius 2 is 2.24 bits per heavy atom. The van der Waals surface area contributed by atoms with Gasteiger partial charge in [-0.05, 0) is 40.4 Å². The van der Waals surface area contributed by atoms with Crippen LogP contribution >= 0.6 is 15.9 Å². The lowest BCUT2D eigenvalue weighted by Crippen LogP contribution is -2.30. The first-order chi connectivity index (χ1) is 8.02. The lowest BCUT2D eigenvalue weighted by Gasteiger charge is -2.16. The Labute approximate surface area is 110 Å². The summed E-state index contributed by atoms with van der Waals surface area (Å²) in [5.74, 6) is 0.279. The molecule has 0 saturated carbocycles. The van der Waals surface area contributed by atoms with Gasteiger partial charge in [-0.25, -0.2) is 4.98 Å². The van der Waals surface area contributed by atoms with Crippen molar-refractivity contribution >= 4 is 27.5 Å². The van der Waals surface area contributed by atoms with Crippen LogP contribution in [0.25, 0.3) is 0 Å². The lowest BCUT2D eigenvalue weighted by molar-refractivity contribution is -0.120. The standard InChI is InChI=1S/C12H18BrN3O/c1-8(2)5-9(6-14)12(17)16-10-3-4-11(13)15-7-10/h3-4,7-9H,5-6,14H2,1-2H3,(H,16,17). The Kier molecular flexibility index (Phi) is 5.58. The van der Waals surface area contributed by atoms with Gasteiger partial charge in [-0.3, -0.25) is 4.79 Å². The highest BCUT2D eigenvalue weighted by atomic mass is 79.9. The molecule has 0 aliphatic carbocycles. The molecule has 0 spiro atoms. The number of carbonyl (C=O) groups excluding carboxylic acids is 1. The molecule has 0 aromatic carbocycles. The second kappa shape index (κ2) is 6.71. The van der Waals surface area contributed by atoms with Crippen LogP contribution in [0.1, 0.15) is 20.3 Å². The van der Waals surface area contributed by atoms with Crippen LogP contribution in [0.2, 0.25) is 0 Å². The molecule has 1 heterocycles. The Balaban J connectivity index is 2.60. The highest BCUT2D eigenvalue weighted by Gasteiger charge is 2.18. The van der Waals surface area contributed by atoms with Gasteiger partial charge in [-0.15, -0.1) is 0 Å². The largest absolute Gasteiger partial charge is 0.330 e. The smallest absolute Gasteiger partial charge is 0.228 e. The molecule has 0 radical (unpaired) electrons. The third kappa shape index (κ3) is 4.83. The molecule has 1 aromatic rings. The Morgan fingerprint density at radius 3 is 2.71 bits per heavy atom. The van der Waals surface area contributed by atoms with Gasteiger partial charge in [0.2, 0.25) is 5.91 Å². The molecule has 1 rings (SSSR count). The predicted octanol–water partition coefficient (Wildman–Crippen LogP) is 2.40. The summed E-state index contributed by atoms with van der Waals surface area (Å²) in [4.78, 5) is 16.0. The number of hydrogen-bond acceptors (Lipinski definition) is 3. The van der Waals surface area contributed by atoms with Crippen LogP contribution in [0.4, 0.5) is 5.69 Å². The molecule has 0 aliphatic heterocycles. The minimum Gasteiger partial charge on any atom is -0.330 e. The number of nitrogens with zero attached hydrogens (tertiary/aromatic N) is 1. The van der Waals surface area contributed by atoms with E-state index >= 15 is 0 Å². The first-order valence-corrected chi connectivity index (χ1v) is 6.44. The normalized spacial score (nSPS) is 12.5. The molecule has 1 aromatic heterocycles. The third-order valence-electron chi connectivity index (χ3n) is 2.41. The number of aromatic nitrogens is 1. The van der Waals surface area contributed by atoms with Gasteiger partial charge in [-0.2, -0.15) is 0 Å². The summed E-state index contributed by atoms with van der Waals surface area (Å²) in [5, 5.41) is 2.82. The summed E-state index contributed by atoms with van der Waals surface area (Å²) in [6.45, 7) is 4.53. The van der Waals surface area contributed by atoms with Gasteiger partial charge in [0.05, 0.1) is 17.8 Å². The molecule has 94 valence electrons. The molecule has 0 fully saturated rings. The van der Waals surface area contributed by atoms with Gasteiger partial charge in [0.25, 0.3) is 0 Å². The highest BCUT2D eigenvalue weighted by Crippen LogP contribution is 2.15. The topological polar surface area (TPSA) is 68.0 Å². The molecule has 5 heteroatoms. The number of anilines is 1. The minimum absolute atomic E-state index is 0.0367. The van der Waals surface area contributed by atoms with Gasteiger partial charge < -0.3 is 11.1 Å². The molecule has 17 heavy (non-hydrogen) atoms. The maximum atomic E-state index is 11.9. The van der Waals surface area contributed by atoms with E-state index in [0.717, 1.165) is 11.0 Å². The first kappa shape index (κ1) is 14.1. The van der Waals surface area contributed by atoms with E-state index < -0.39 is 0 Å². The van der Waals surface area contributed by atoms with Crippen molar-refractivity contribution in [3.63, 3.8) is 0 Å². The monoisotopic (exact) mass is 299 g/mol. The van der Waals surface area contributed by atoms with E-state index in [1.165, 1.54) is 0 Å². The van der Waals surface area contributed by atoms with E-state index in [1.807, 2.05) is 0 Å². The predicted molar refractivity (Wildman–Crippen MR) is 72.6 cm³/mol. The summed E-state index contributed by atoms with van der Waals surface area (Å²) >= 11 is 3.24. The van der Waals surface area contributed by atoms with E-state index in [4.69, 9.17) is 5.73 Å². The summed E-state index contributed by atoms with van der Waals surface area (Å²) in [6, 6.07) is 3.59. The molecule has 4 nitrogen and oxygen atoms in total. The zero-order chi connectivity index (χ0) is 12.8. The van der Waals surface area contributed by atoms with Crippen LogP contribution in [0, 0.1) is 11.8 Å². The molecule has 1 atom stereocenters. The maximum Gasteiger partial charge on any atom is 0.228 e. The Hall–Kier alpha value is -0.940. The van der Waals surface area contributed by atoms with Crippen LogP contribution in [0.5, 0.6) is 0 Å². The second-order valence-corrected chi connectivity index (χ2v) is 5.23. The fraction of sp³-hybridized carbons (Fsp3) is 0.500. The zero-order valence-electron chi connectivity index (χ0n) is 10.1. The molecular formula is C12H18BrN3O. The minimum atomic E-state index is -0.140. The van der Waals surface area contributed by atoms with Gasteiger partial charge in [0.15, 0.2) is 0 Å². The molecule has 0 saturated heterocycles. The van der Waals surface area contributed by atoms with Gasteiger partial charge >= 0.3 is 0 Å². The second-order valence-electron chi connectivity index (χ2n) is 4.42. The summed E-state index contributed by atoms with van der Waals surface area (Å²) in [5.41, 5.74) is 6.31. The van der Waals surface area contributed by atoms with Crippen molar-refractivity contribution in [3.05, 3.63) is 22.9 Å². The van der Waals surface area contributed by atoms with Gasteiger partial charge in [-0.1, -0.05) is 13.8 Å². The molecule has 1 amide bonds. The molecule has 0 aliphatic rings. The molecule has 0 bridgehead atoms. The number of nitrogens with one attached hydrogen (secondary N) is 1. The number of nitrogens with two attached hydrogens (primary N) is 1. The maximum absolute atomic E-state index is 11.9.